The number of amides is 1. The SMILES string of the molecule is COC(=O)[C@H]1Cc2ncn(Cc3ccc(Cl)cc3)c2CN1C(=O)c1cccs1. The van der Waals surface area contributed by atoms with Gasteiger partial charge in [0.15, 0.2) is 0 Å². The Kier molecular flexibility index (Phi) is 5.19. The van der Waals surface area contributed by atoms with Crippen LogP contribution in [0.15, 0.2) is 48.1 Å². The van der Waals surface area contributed by atoms with E-state index in [0.29, 0.717) is 29.4 Å². The van der Waals surface area contributed by atoms with Crippen LogP contribution in [0.4, 0.5) is 0 Å². The van der Waals surface area contributed by atoms with Crippen molar-refractivity contribution in [2.75, 3.05) is 7.11 Å². The lowest BCUT2D eigenvalue weighted by molar-refractivity contribution is -0.146. The maximum Gasteiger partial charge on any atom is 0.329 e. The lowest BCUT2D eigenvalue weighted by Crippen LogP contribution is -2.49. The Morgan fingerprint density at radius 3 is 2.75 bits per heavy atom. The second-order valence-electron chi connectivity index (χ2n) is 6.55. The Morgan fingerprint density at radius 1 is 1.29 bits per heavy atom. The zero-order valence-electron chi connectivity index (χ0n) is 15.2. The Morgan fingerprint density at radius 2 is 2.07 bits per heavy atom. The van der Waals surface area contributed by atoms with E-state index in [4.69, 9.17) is 16.3 Å². The summed E-state index contributed by atoms with van der Waals surface area (Å²) < 4.78 is 6.95. The van der Waals surface area contributed by atoms with Crippen molar-refractivity contribution < 1.29 is 14.3 Å². The number of hydrogen-bond donors (Lipinski definition) is 0. The molecule has 0 unspecified atom stereocenters. The molecule has 0 saturated heterocycles. The van der Waals surface area contributed by atoms with Gasteiger partial charge in [0.05, 0.1) is 36.2 Å². The minimum Gasteiger partial charge on any atom is -0.467 e. The van der Waals surface area contributed by atoms with E-state index in [1.54, 1.807) is 17.3 Å². The molecule has 0 bridgehead atoms. The van der Waals surface area contributed by atoms with Gasteiger partial charge in [-0.05, 0) is 29.1 Å². The van der Waals surface area contributed by atoms with Crippen LogP contribution < -0.4 is 0 Å². The molecule has 3 aromatic rings. The highest BCUT2D eigenvalue weighted by atomic mass is 35.5. The van der Waals surface area contributed by atoms with Gasteiger partial charge in [-0.1, -0.05) is 29.8 Å². The molecular weight excluding hydrogens is 398 g/mol. The second kappa shape index (κ2) is 7.77. The van der Waals surface area contributed by atoms with Crippen molar-refractivity contribution >= 4 is 34.8 Å². The molecule has 0 aliphatic carbocycles. The number of rotatable bonds is 4. The highest BCUT2D eigenvalue weighted by Crippen LogP contribution is 2.27. The first-order chi connectivity index (χ1) is 13.6. The number of carbonyl (C=O) groups excluding carboxylic acids is 2. The van der Waals surface area contributed by atoms with E-state index in [9.17, 15) is 9.59 Å². The monoisotopic (exact) mass is 415 g/mol. The molecule has 4 rings (SSSR count). The molecule has 1 aromatic carbocycles. The Labute approximate surface area is 171 Å². The molecule has 28 heavy (non-hydrogen) atoms. The van der Waals surface area contributed by atoms with Crippen molar-refractivity contribution in [3.63, 3.8) is 0 Å². The molecule has 0 fully saturated rings. The fraction of sp³-hybridized carbons (Fsp3) is 0.250. The van der Waals surface area contributed by atoms with E-state index >= 15 is 0 Å². The third-order valence-electron chi connectivity index (χ3n) is 4.85. The van der Waals surface area contributed by atoms with Crippen LogP contribution in [0, 0.1) is 0 Å². The van der Waals surface area contributed by atoms with Crippen LogP contribution in [0.2, 0.25) is 5.02 Å². The second-order valence-corrected chi connectivity index (χ2v) is 7.93. The molecule has 0 spiro atoms. The number of hydrogen-bond acceptors (Lipinski definition) is 5. The van der Waals surface area contributed by atoms with E-state index in [2.05, 4.69) is 4.98 Å². The van der Waals surface area contributed by atoms with Gasteiger partial charge in [-0.25, -0.2) is 9.78 Å². The molecule has 2 aromatic heterocycles. The number of esters is 1. The predicted octanol–water partition coefficient (Wildman–Crippen LogP) is 3.39. The summed E-state index contributed by atoms with van der Waals surface area (Å²) in [4.78, 5) is 32.0. The molecule has 1 aliphatic heterocycles. The quantitative estimate of drug-likeness (QED) is 0.613. The molecule has 144 valence electrons. The molecule has 3 heterocycles. The van der Waals surface area contributed by atoms with Crippen molar-refractivity contribution in [1.29, 1.82) is 0 Å². The predicted molar refractivity (Wildman–Crippen MR) is 106 cm³/mol. The number of aromatic nitrogens is 2. The maximum absolute atomic E-state index is 13.0. The van der Waals surface area contributed by atoms with Gasteiger partial charge < -0.3 is 14.2 Å². The van der Waals surface area contributed by atoms with E-state index < -0.39 is 12.0 Å². The minimum atomic E-state index is -0.675. The first-order valence-electron chi connectivity index (χ1n) is 8.76. The number of carbonyl (C=O) groups is 2. The van der Waals surface area contributed by atoms with Gasteiger partial charge >= 0.3 is 5.97 Å². The van der Waals surface area contributed by atoms with Crippen LogP contribution in [0.5, 0.6) is 0 Å². The van der Waals surface area contributed by atoms with Gasteiger partial charge in [-0.3, -0.25) is 4.79 Å². The molecule has 1 amide bonds. The van der Waals surface area contributed by atoms with Gasteiger partial charge in [0.2, 0.25) is 0 Å². The zero-order valence-corrected chi connectivity index (χ0v) is 16.7. The van der Waals surface area contributed by atoms with Crippen LogP contribution in [-0.2, 0) is 29.0 Å². The molecule has 0 N–H and O–H groups in total. The smallest absolute Gasteiger partial charge is 0.329 e. The van der Waals surface area contributed by atoms with Crippen LogP contribution >= 0.6 is 22.9 Å². The molecule has 0 saturated carbocycles. The summed E-state index contributed by atoms with van der Waals surface area (Å²) in [5.41, 5.74) is 2.83. The van der Waals surface area contributed by atoms with Gasteiger partial charge in [0.25, 0.3) is 5.91 Å². The van der Waals surface area contributed by atoms with E-state index in [0.717, 1.165) is 17.0 Å². The van der Waals surface area contributed by atoms with Gasteiger partial charge in [-0.15, -0.1) is 11.3 Å². The fourth-order valence-corrected chi connectivity index (χ4v) is 4.20. The summed E-state index contributed by atoms with van der Waals surface area (Å²) in [5.74, 6) is -0.599. The Balaban J connectivity index is 1.65. The Bertz CT molecular complexity index is 998. The fourth-order valence-electron chi connectivity index (χ4n) is 3.39. The average Bonchev–Trinajstić information content (AvgIpc) is 3.38. The van der Waals surface area contributed by atoms with Crippen LogP contribution in [0.1, 0.15) is 26.6 Å². The number of methoxy groups -OCH3 is 1. The van der Waals surface area contributed by atoms with E-state index in [1.165, 1.54) is 18.4 Å². The van der Waals surface area contributed by atoms with E-state index in [-0.39, 0.29) is 5.91 Å². The third kappa shape index (κ3) is 3.55. The molecule has 1 atom stereocenters. The standard InChI is InChI=1S/C20H18ClN3O3S/c1-27-20(26)16-9-15-17(11-24(16)19(25)18-3-2-8-28-18)23(12-22-15)10-13-4-6-14(21)7-5-13/h2-8,12,16H,9-11H2,1H3/t16-/m1/s1. The van der Waals surface area contributed by atoms with Crippen LogP contribution in [0.25, 0.3) is 0 Å². The maximum atomic E-state index is 13.0. The third-order valence-corrected chi connectivity index (χ3v) is 5.96. The van der Waals surface area contributed by atoms with Crippen molar-refractivity contribution in [1.82, 2.24) is 14.5 Å². The van der Waals surface area contributed by atoms with E-state index in [1.807, 2.05) is 40.3 Å². The number of thiophene rings is 1. The zero-order chi connectivity index (χ0) is 19.7. The number of ether oxygens (including phenoxy) is 1. The topological polar surface area (TPSA) is 64.4 Å². The van der Waals surface area contributed by atoms with Gasteiger partial charge in [0.1, 0.15) is 6.04 Å². The summed E-state index contributed by atoms with van der Waals surface area (Å²) in [7, 11) is 1.34. The molecule has 6 nitrogen and oxygen atoms in total. The highest BCUT2D eigenvalue weighted by molar-refractivity contribution is 7.12. The van der Waals surface area contributed by atoms with Crippen LogP contribution in [-0.4, -0.2) is 39.5 Å². The van der Waals surface area contributed by atoms with Crippen LogP contribution in [0.3, 0.4) is 0 Å². The van der Waals surface area contributed by atoms with Gasteiger partial charge in [0, 0.05) is 18.0 Å². The molecule has 8 heteroatoms. The molecule has 1 aliphatic rings. The van der Waals surface area contributed by atoms with Crippen molar-refractivity contribution in [3.05, 3.63) is 75.0 Å². The summed E-state index contributed by atoms with van der Waals surface area (Å²) in [6, 6.07) is 10.5. The first-order valence-corrected chi connectivity index (χ1v) is 10.0. The number of fused-ring (bicyclic) bond motifs is 1. The summed E-state index contributed by atoms with van der Waals surface area (Å²) in [6.07, 6.45) is 2.10. The highest BCUT2D eigenvalue weighted by Gasteiger charge is 2.38. The summed E-state index contributed by atoms with van der Waals surface area (Å²) >= 11 is 7.32. The number of halogens is 1. The average molecular weight is 416 g/mol. The van der Waals surface area contributed by atoms with Gasteiger partial charge in [-0.2, -0.15) is 0 Å². The minimum absolute atomic E-state index is 0.171. The first kappa shape index (κ1) is 18.7. The number of benzene rings is 1. The Hall–Kier alpha value is -2.64. The summed E-state index contributed by atoms with van der Waals surface area (Å²) in [5, 5.41) is 2.53. The molecular formula is C20H18ClN3O3S. The van der Waals surface area contributed by atoms with Crippen molar-refractivity contribution in [3.8, 4) is 0 Å². The van der Waals surface area contributed by atoms with Crippen molar-refractivity contribution in [2.45, 2.75) is 25.6 Å². The molecule has 0 radical (unpaired) electrons. The summed E-state index contributed by atoms with van der Waals surface area (Å²) in [6.45, 7) is 0.919. The number of nitrogens with zero attached hydrogens (tertiary/aromatic N) is 3. The lowest BCUT2D eigenvalue weighted by Gasteiger charge is -2.33. The lowest BCUT2D eigenvalue weighted by atomic mass is 10.0. The number of imidazole rings is 1. The van der Waals surface area contributed by atoms with Crippen molar-refractivity contribution in [2.24, 2.45) is 0 Å². The largest absolute Gasteiger partial charge is 0.467 e. The normalized spacial score (nSPS) is 15.9.